The molecule has 10 heteroatoms. The predicted molar refractivity (Wildman–Crippen MR) is 124 cm³/mol. The van der Waals surface area contributed by atoms with Crippen molar-refractivity contribution in [1.82, 2.24) is 14.8 Å². The van der Waals surface area contributed by atoms with Crippen molar-refractivity contribution in [3.63, 3.8) is 0 Å². The van der Waals surface area contributed by atoms with Crippen molar-refractivity contribution < 1.29 is 27.4 Å². The summed E-state index contributed by atoms with van der Waals surface area (Å²) < 4.78 is 50.2. The Morgan fingerprint density at radius 3 is 2.20 bits per heavy atom. The fourth-order valence-electron chi connectivity index (χ4n) is 5.08. The lowest BCUT2D eigenvalue weighted by molar-refractivity contribution is -0.146. The van der Waals surface area contributed by atoms with Gasteiger partial charge in [0.1, 0.15) is 11.9 Å². The van der Waals surface area contributed by atoms with Gasteiger partial charge in [-0.25, -0.2) is 4.98 Å². The van der Waals surface area contributed by atoms with Crippen molar-refractivity contribution in [2.45, 2.75) is 44.2 Å². The second-order valence-corrected chi connectivity index (χ2v) is 9.29. The van der Waals surface area contributed by atoms with Gasteiger partial charge in [0.05, 0.1) is 5.56 Å². The summed E-state index contributed by atoms with van der Waals surface area (Å²) in [6.45, 7) is 6.24. The van der Waals surface area contributed by atoms with Gasteiger partial charge in [0.25, 0.3) is 5.91 Å². The van der Waals surface area contributed by atoms with E-state index in [9.17, 15) is 18.0 Å². The van der Waals surface area contributed by atoms with E-state index >= 15 is 0 Å². The fraction of sp³-hybridized carbons (Fsp3) is 0.520. The highest BCUT2D eigenvalue weighted by Gasteiger charge is 2.39. The molecular weight excluding hydrogens is 461 g/mol. The number of rotatable bonds is 3. The van der Waals surface area contributed by atoms with Crippen molar-refractivity contribution in [3.8, 4) is 11.5 Å². The third-order valence-corrected chi connectivity index (χ3v) is 7.09. The van der Waals surface area contributed by atoms with Gasteiger partial charge in [0, 0.05) is 51.5 Å². The Hall–Kier alpha value is -3.01. The van der Waals surface area contributed by atoms with Gasteiger partial charge in [0.15, 0.2) is 11.5 Å². The number of carbonyl (C=O) groups excluding carboxylic acids is 1. The maximum Gasteiger partial charge on any atom is 0.417 e. The Labute approximate surface area is 202 Å². The molecule has 1 aromatic carbocycles. The molecule has 1 aromatic heterocycles. The average molecular weight is 491 g/mol. The van der Waals surface area contributed by atoms with E-state index in [0.29, 0.717) is 49.5 Å². The molecule has 0 radical (unpaired) electrons. The van der Waals surface area contributed by atoms with Gasteiger partial charge in [-0.05, 0) is 44.0 Å². The molecule has 2 saturated heterocycles. The molecule has 0 aliphatic carbocycles. The predicted octanol–water partition coefficient (Wildman–Crippen LogP) is 3.44. The molecule has 2 fully saturated rings. The number of piperazine rings is 1. The largest absolute Gasteiger partial charge is 0.482 e. The SMILES string of the molecule is CC1Oc2ccccc2OC1C(=O)N1CCC(N2CCN(c3ccc(C(F)(F)F)cn3)CC2)CC1. The molecule has 7 nitrogen and oxygen atoms in total. The first kappa shape index (κ1) is 23.7. The molecule has 3 aliphatic rings. The molecule has 2 unspecified atom stereocenters. The summed E-state index contributed by atoms with van der Waals surface area (Å²) in [6, 6.07) is 10.3. The van der Waals surface area contributed by atoms with Crippen molar-refractivity contribution >= 4 is 11.7 Å². The lowest BCUT2D eigenvalue weighted by Gasteiger charge is -2.44. The molecule has 0 bridgehead atoms. The van der Waals surface area contributed by atoms with Crippen LogP contribution in [-0.2, 0) is 11.0 Å². The maximum absolute atomic E-state index is 13.2. The monoisotopic (exact) mass is 490 g/mol. The molecule has 3 aliphatic heterocycles. The zero-order valence-corrected chi connectivity index (χ0v) is 19.6. The second-order valence-electron chi connectivity index (χ2n) is 9.29. The molecule has 188 valence electrons. The molecule has 2 aromatic rings. The quantitative estimate of drug-likeness (QED) is 0.657. The maximum atomic E-state index is 13.2. The number of alkyl halides is 3. The Morgan fingerprint density at radius 2 is 1.60 bits per heavy atom. The van der Waals surface area contributed by atoms with E-state index < -0.39 is 17.8 Å². The molecule has 0 spiro atoms. The van der Waals surface area contributed by atoms with Gasteiger partial charge >= 0.3 is 6.18 Å². The molecule has 0 N–H and O–H groups in total. The number of halogens is 3. The summed E-state index contributed by atoms with van der Waals surface area (Å²) in [6.07, 6.45) is -2.73. The van der Waals surface area contributed by atoms with Crippen LogP contribution in [0.4, 0.5) is 19.0 Å². The van der Waals surface area contributed by atoms with Crippen LogP contribution in [-0.4, -0.2) is 78.2 Å². The van der Waals surface area contributed by atoms with Crippen LogP contribution in [0.3, 0.4) is 0 Å². The first-order valence-electron chi connectivity index (χ1n) is 12.0. The van der Waals surface area contributed by atoms with Gasteiger partial charge in [0.2, 0.25) is 6.10 Å². The number of piperidine rings is 1. The minimum absolute atomic E-state index is 0.0383. The van der Waals surface area contributed by atoms with Crippen LogP contribution < -0.4 is 14.4 Å². The van der Waals surface area contributed by atoms with Gasteiger partial charge in [-0.2, -0.15) is 13.2 Å². The summed E-state index contributed by atoms with van der Waals surface area (Å²) >= 11 is 0. The number of pyridine rings is 1. The van der Waals surface area contributed by atoms with Gasteiger partial charge in [-0.15, -0.1) is 0 Å². The molecule has 2 atom stereocenters. The summed E-state index contributed by atoms with van der Waals surface area (Å²) in [5.41, 5.74) is -0.731. The lowest BCUT2D eigenvalue weighted by atomic mass is 10.0. The van der Waals surface area contributed by atoms with Crippen LogP contribution in [0, 0.1) is 0 Å². The summed E-state index contributed by atoms with van der Waals surface area (Å²) in [5.74, 6) is 1.79. The Balaban J connectivity index is 1.11. The average Bonchev–Trinajstić information content (AvgIpc) is 2.88. The molecule has 0 saturated carbocycles. The molecule has 4 heterocycles. The van der Waals surface area contributed by atoms with Crippen molar-refractivity contribution in [1.29, 1.82) is 0 Å². The fourth-order valence-corrected chi connectivity index (χ4v) is 5.08. The first-order valence-corrected chi connectivity index (χ1v) is 12.0. The molecular formula is C25H29F3N4O3. The van der Waals surface area contributed by atoms with Crippen LogP contribution in [0.2, 0.25) is 0 Å². The number of anilines is 1. The first-order chi connectivity index (χ1) is 16.8. The minimum atomic E-state index is -4.38. The van der Waals surface area contributed by atoms with E-state index in [-0.39, 0.29) is 12.0 Å². The summed E-state index contributed by atoms with van der Waals surface area (Å²) in [5, 5.41) is 0. The number of hydrogen-bond acceptors (Lipinski definition) is 6. The lowest BCUT2D eigenvalue weighted by Crippen LogP contribution is -2.56. The van der Waals surface area contributed by atoms with Crippen molar-refractivity contribution in [2.75, 3.05) is 44.2 Å². The highest BCUT2D eigenvalue weighted by Crippen LogP contribution is 2.34. The van der Waals surface area contributed by atoms with Crippen molar-refractivity contribution in [2.24, 2.45) is 0 Å². The highest BCUT2D eigenvalue weighted by atomic mass is 19.4. The summed E-state index contributed by atoms with van der Waals surface area (Å²) in [7, 11) is 0. The zero-order valence-electron chi connectivity index (χ0n) is 19.6. The van der Waals surface area contributed by atoms with Crippen LogP contribution >= 0.6 is 0 Å². The number of amides is 1. The topological polar surface area (TPSA) is 58.1 Å². The Kier molecular flexibility index (Phi) is 6.48. The molecule has 5 rings (SSSR count). The van der Waals surface area contributed by atoms with E-state index in [0.717, 1.165) is 38.2 Å². The number of benzene rings is 1. The smallest absolute Gasteiger partial charge is 0.417 e. The number of hydrogen-bond donors (Lipinski definition) is 0. The van der Waals surface area contributed by atoms with Gasteiger partial charge in [-0.3, -0.25) is 9.69 Å². The van der Waals surface area contributed by atoms with Crippen LogP contribution in [0.25, 0.3) is 0 Å². The van der Waals surface area contributed by atoms with Crippen LogP contribution in [0.1, 0.15) is 25.3 Å². The van der Waals surface area contributed by atoms with Gasteiger partial charge < -0.3 is 19.3 Å². The molecule has 1 amide bonds. The number of aromatic nitrogens is 1. The highest BCUT2D eigenvalue weighted by molar-refractivity contribution is 5.82. The third kappa shape index (κ3) is 5.03. The number of para-hydroxylation sites is 2. The molecule has 35 heavy (non-hydrogen) atoms. The van der Waals surface area contributed by atoms with Crippen molar-refractivity contribution in [3.05, 3.63) is 48.2 Å². The number of likely N-dealkylation sites (tertiary alicyclic amines) is 1. The Bertz CT molecular complexity index is 1030. The summed E-state index contributed by atoms with van der Waals surface area (Å²) in [4.78, 5) is 23.5. The standard InChI is InChI=1S/C25H29F3N4O3/c1-17-23(35-21-5-3-2-4-20(21)34-17)24(33)32-10-8-19(9-11-32)30-12-14-31(15-13-30)22-7-6-18(16-29-22)25(26,27)28/h2-7,16-17,19,23H,8-15H2,1H3. The van der Waals surface area contributed by atoms with E-state index in [1.807, 2.05) is 41.0 Å². The number of fused-ring (bicyclic) bond motifs is 1. The number of nitrogens with zero attached hydrogens (tertiary/aromatic N) is 4. The number of ether oxygens (including phenoxy) is 2. The normalized spacial score (nSPS) is 23.9. The second kappa shape index (κ2) is 9.56. The van der Waals surface area contributed by atoms with E-state index in [1.54, 1.807) is 0 Å². The number of carbonyl (C=O) groups is 1. The zero-order chi connectivity index (χ0) is 24.6. The minimum Gasteiger partial charge on any atom is -0.482 e. The van der Waals surface area contributed by atoms with Gasteiger partial charge in [-0.1, -0.05) is 12.1 Å². The van der Waals surface area contributed by atoms with Crippen LogP contribution in [0.5, 0.6) is 11.5 Å². The van der Waals surface area contributed by atoms with Crippen LogP contribution in [0.15, 0.2) is 42.6 Å². The van der Waals surface area contributed by atoms with E-state index in [1.165, 1.54) is 6.07 Å². The third-order valence-electron chi connectivity index (χ3n) is 7.09. The van der Waals surface area contributed by atoms with E-state index in [2.05, 4.69) is 9.88 Å². The van der Waals surface area contributed by atoms with E-state index in [4.69, 9.17) is 9.47 Å². The Morgan fingerprint density at radius 1 is 0.943 bits per heavy atom.